The van der Waals surface area contributed by atoms with Crippen LogP contribution in [0.2, 0.25) is 0 Å². The molecule has 2 nitrogen and oxygen atoms in total. The maximum Gasteiger partial charge on any atom is 0.334 e. The molecule has 1 aliphatic heterocycles. The van der Waals surface area contributed by atoms with Crippen molar-refractivity contribution < 1.29 is 9.53 Å². The number of hydrogen-bond acceptors (Lipinski definition) is 4. The quantitative estimate of drug-likeness (QED) is 0.601. The molecule has 0 spiro atoms. The lowest BCUT2D eigenvalue weighted by atomic mass is 10.1. The fourth-order valence-electron chi connectivity index (χ4n) is 2.01. The summed E-state index contributed by atoms with van der Waals surface area (Å²) >= 11 is 3.90. The average Bonchev–Trinajstić information content (AvgIpc) is 2.49. The van der Waals surface area contributed by atoms with Crippen LogP contribution in [0.5, 0.6) is 0 Å². The van der Waals surface area contributed by atoms with Gasteiger partial charge in [-0.2, -0.15) is 0 Å². The van der Waals surface area contributed by atoms with Gasteiger partial charge in [0.1, 0.15) is 0 Å². The molecule has 0 radical (unpaired) electrons. The van der Waals surface area contributed by atoms with E-state index in [9.17, 15) is 4.79 Å². The molecule has 1 aromatic rings. The average molecular weight is 308 g/mol. The van der Waals surface area contributed by atoms with Crippen molar-refractivity contribution in [2.45, 2.75) is 24.3 Å². The lowest BCUT2D eigenvalue weighted by Crippen LogP contribution is -2.14. The second-order valence-corrected chi connectivity index (χ2v) is 7.45. The van der Waals surface area contributed by atoms with Crippen LogP contribution in [0.15, 0.2) is 35.9 Å². The summed E-state index contributed by atoms with van der Waals surface area (Å²) in [5, 5.41) is 0. The predicted octanol–water partition coefficient (Wildman–Crippen LogP) is 4.22. The van der Waals surface area contributed by atoms with E-state index in [4.69, 9.17) is 4.74 Å². The van der Waals surface area contributed by atoms with Gasteiger partial charge in [-0.15, -0.1) is 23.5 Å². The number of carbonyl (C=O) groups is 1. The van der Waals surface area contributed by atoms with Crippen LogP contribution in [-0.4, -0.2) is 28.7 Å². The van der Waals surface area contributed by atoms with Gasteiger partial charge in [0.05, 0.1) is 11.2 Å². The highest BCUT2D eigenvalue weighted by Crippen LogP contribution is 2.35. The van der Waals surface area contributed by atoms with E-state index in [1.165, 1.54) is 17.9 Å². The van der Waals surface area contributed by atoms with Crippen LogP contribution in [0.25, 0.3) is 6.08 Å². The molecule has 1 aliphatic rings. The Morgan fingerprint density at radius 2 is 2.00 bits per heavy atom. The van der Waals surface area contributed by atoms with Crippen molar-refractivity contribution in [3.05, 3.63) is 41.5 Å². The van der Waals surface area contributed by atoms with E-state index in [0.29, 0.717) is 11.2 Å². The van der Waals surface area contributed by atoms with Crippen molar-refractivity contribution in [2.24, 2.45) is 0 Å². The van der Waals surface area contributed by atoms with Crippen LogP contribution in [0.3, 0.4) is 0 Å². The first-order valence-corrected chi connectivity index (χ1v) is 9.05. The van der Waals surface area contributed by atoms with Gasteiger partial charge in [-0.25, -0.2) is 4.79 Å². The largest absolute Gasteiger partial charge is 0.463 e. The summed E-state index contributed by atoms with van der Waals surface area (Å²) in [4.78, 5) is 12.1. The number of hydrogen-bond donors (Lipinski definition) is 0. The SMILES string of the molecule is CCOC(=O)/C(=C/c1ccccc1)CC1SCCCS1. The smallest absolute Gasteiger partial charge is 0.334 e. The standard InChI is InChI=1S/C16H20O2S2/c1-2-18-16(17)14(11-13-7-4-3-5-8-13)12-15-19-9-6-10-20-15/h3-5,7-8,11,15H,2,6,9-10,12H2,1H3/b14-11+. The summed E-state index contributed by atoms with van der Waals surface area (Å²) in [6.07, 6.45) is 4.01. The topological polar surface area (TPSA) is 26.3 Å². The van der Waals surface area contributed by atoms with Gasteiger partial charge in [-0.3, -0.25) is 0 Å². The van der Waals surface area contributed by atoms with E-state index < -0.39 is 0 Å². The summed E-state index contributed by atoms with van der Waals surface area (Å²) in [5.41, 5.74) is 1.84. The molecule has 1 fully saturated rings. The van der Waals surface area contributed by atoms with Crippen LogP contribution in [0.4, 0.5) is 0 Å². The Morgan fingerprint density at radius 1 is 1.30 bits per heavy atom. The molecule has 20 heavy (non-hydrogen) atoms. The van der Waals surface area contributed by atoms with Gasteiger partial charge in [0.15, 0.2) is 0 Å². The molecule has 0 bridgehead atoms. The molecular formula is C16H20O2S2. The molecule has 0 atom stereocenters. The molecule has 4 heteroatoms. The van der Waals surface area contributed by atoms with Crippen LogP contribution >= 0.6 is 23.5 Å². The third-order valence-corrected chi connectivity index (χ3v) is 5.90. The molecule has 0 N–H and O–H groups in total. The van der Waals surface area contributed by atoms with Gasteiger partial charge in [-0.05, 0) is 36.5 Å². The van der Waals surface area contributed by atoms with Gasteiger partial charge < -0.3 is 4.74 Å². The highest BCUT2D eigenvalue weighted by Gasteiger charge is 2.20. The van der Waals surface area contributed by atoms with Gasteiger partial charge in [0.2, 0.25) is 0 Å². The van der Waals surface area contributed by atoms with Crippen molar-refractivity contribution in [3.8, 4) is 0 Å². The second-order valence-electron chi connectivity index (χ2n) is 4.53. The second kappa shape index (κ2) is 8.42. The molecule has 108 valence electrons. The predicted molar refractivity (Wildman–Crippen MR) is 89.0 cm³/mol. The van der Waals surface area contributed by atoms with E-state index in [2.05, 4.69) is 0 Å². The van der Waals surface area contributed by atoms with Crippen LogP contribution in [-0.2, 0) is 9.53 Å². The summed E-state index contributed by atoms with van der Waals surface area (Å²) in [6, 6.07) is 9.98. The Hall–Kier alpha value is -0.870. The van der Waals surface area contributed by atoms with Crippen molar-refractivity contribution >= 4 is 35.6 Å². The maximum absolute atomic E-state index is 12.1. The van der Waals surface area contributed by atoms with E-state index in [1.807, 2.05) is 66.9 Å². The number of ether oxygens (including phenoxy) is 1. The summed E-state index contributed by atoms with van der Waals surface area (Å²) < 4.78 is 5.67. The van der Waals surface area contributed by atoms with Gasteiger partial charge in [0.25, 0.3) is 0 Å². The lowest BCUT2D eigenvalue weighted by molar-refractivity contribution is -0.138. The third-order valence-electron chi connectivity index (χ3n) is 2.96. The maximum atomic E-state index is 12.1. The molecule has 2 rings (SSSR count). The monoisotopic (exact) mass is 308 g/mol. The normalized spacial score (nSPS) is 16.9. The fourth-order valence-corrected chi connectivity index (χ4v) is 4.90. The Bertz CT molecular complexity index is 451. The molecule has 0 unspecified atom stereocenters. The van der Waals surface area contributed by atoms with E-state index in [-0.39, 0.29) is 5.97 Å². The van der Waals surface area contributed by atoms with Crippen LogP contribution in [0.1, 0.15) is 25.3 Å². The van der Waals surface area contributed by atoms with Crippen LogP contribution < -0.4 is 0 Å². The Balaban J connectivity index is 2.11. The Morgan fingerprint density at radius 3 is 2.65 bits per heavy atom. The summed E-state index contributed by atoms with van der Waals surface area (Å²) in [7, 11) is 0. The summed E-state index contributed by atoms with van der Waals surface area (Å²) in [6.45, 7) is 2.28. The van der Waals surface area contributed by atoms with Gasteiger partial charge in [-0.1, -0.05) is 30.3 Å². The fraction of sp³-hybridized carbons (Fsp3) is 0.438. The highest BCUT2D eigenvalue weighted by atomic mass is 32.2. The molecule has 0 amide bonds. The number of thioether (sulfide) groups is 2. The highest BCUT2D eigenvalue weighted by molar-refractivity contribution is 8.17. The lowest BCUT2D eigenvalue weighted by Gasteiger charge is -2.21. The third kappa shape index (κ3) is 4.91. The molecular weight excluding hydrogens is 288 g/mol. The first-order chi connectivity index (χ1) is 9.79. The number of benzene rings is 1. The molecule has 0 saturated carbocycles. The molecule has 1 saturated heterocycles. The van der Waals surface area contributed by atoms with E-state index in [1.54, 1.807) is 0 Å². The molecule has 0 aliphatic carbocycles. The zero-order chi connectivity index (χ0) is 14.2. The molecule has 0 aromatic heterocycles. The Labute approximate surface area is 129 Å². The first kappa shape index (κ1) is 15.5. The van der Waals surface area contributed by atoms with Crippen molar-refractivity contribution in [1.29, 1.82) is 0 Å². The van der Waals surface area contributed by atoms with Crippen molar-refractivity contribution in [1.82, 2.24) is 0 Å². The van der Waals surface area contributed by atoms with E-state index >= 15 is 0 Å². The Kier molecular flexibility index (Phi) is 6.54. The number of carbonyl (C=O) groups excluding carboxylic acids is 1. The number of esters is 1. The minimum absolute atomic E-state index is 0.178. The zero-order valence-corrected chi connectivity index (χ0v) is 13.3. The van der Waals surface area contributed by atoms with Crippen LogP contribution in [0, 0.1) is 0 Å². The minimum atomic E-state index is -0.178. The first-order valence-electron chi connectivity index (χ1n) is 6.95. The van der Waals surface area contributed by atoms with Gasteiger partial charge in [0, 0.05) is 12.0 Å². The number of rotatable bonds is 5. The minimum Gasteiger partial charge on any atom is -0.463 e. The molecule has 1 aromatic carbocycles. The van der Waals surface area contributed by atoms with Crippen molar-refractivity contribution in [2.75, 3.05) is 18.1 Å². The van der Waals surface area contributed by atoms with E-state index in [0.717, 1.165) is 17.6 Å². The van der Waals surface area contributed by atoms with Gasteiger partial charge >= 0.3 is 5.97 Å². The molecule has 1 heterocycles. The zero-order valence-electron chi connectivity index (χ0n) is 11.7. The summed E-state index contributed by atoms with van der Waals surface area (Å²) in [5.74, 6) is 2.21. The van der Waals surface area contributed by atoms with Crippen molar-refractivity contribution in [3.63, 3.8) is 0 Å².